The molecular weight excluding hydrogens is 505 g/mol. The standard InChI is InChI=1S/C10H8F14O4S.Na/c11-4(12)5(13,14)6(15,16)7(17,18)8(19,20)9(21,22)10(23,24)28-2-1-3-29(25,26)27;/h4H,1-3H2,(H,25,26,27);/q;+1/p-1. The van der Waals surface area contributed by atoms with E-state index in [1.807, 2.05) is 0 Å². The first-order valence-corrected chi connectivity index (χ1v) is 8.10. The molecule has 0 bridgehead atoms. The Balaban J connectivity index is 0. The molecule has 0 N–H and O–H groups in total. The molecule has 0 radical (unpaired) electrons. The van der Waals surface area contributed by atoms with Gasteiger partial charge in [-0.1, -0.05) is 0 Å². The van der Waals surface area contributed by atoms with E-state index in [-0.39, 0.29) is 29.6 Å². The summed E-state index contributed by atoms with van der Waals surface area (Å²) in [5.41, 5.74) is 0. The van der Waals surface area contributed by atoms with Crippen molar-refractivity contribution in [2.75, 3.05) is 12.4 Å². The molecule has 0 rings (SSSR count). The Bertz CT molecular complexity index is 680. The van der Waals surface area contributed by atoms with E-state index in [1.54, 1.807) is 0 Å². The number of alkyl halides is 14. The second kappa shape index (κ2) is 9.40. The summed E-state index contributed by atoms with van der Waals surface area (Å²) >= 11 is 0. The largest absolute Gasteiger partial charge is 1.00 e. The van der Waals surface area contributed by atoms with Crippen LogP contribution in [0.25, 0.3) is 0 Å². The molecule has 0 fully saturated rings. The second-order valence-corrected chi connectivity index (χ2v) is 6.73. The molecule has 0 aliphatic rings. The molecule has 0 aromatic heterocycles. The van der Waals surface area contributed by atoms with E-state index in [9.17, 15) is 74.4 Å². The molecule has 0 spiro atoms. The minimum Gasteiger partial charge on any atom is -0.748 e. The SMILES string of the molecule is O=S(=O)([O-])CCCOC(F)(F)C(F)(F)C(F)(F)C(F)(F)C(F)(F)C(F)(F)C(F)F.[Na+]. The van der Waals surface area contributed by atoms with Gasteiger partial charge in [-0.05, 0) is 6.42 Å². The summed E-state index contributed by atoms with van der Waals surface area (Å²) < 4.78 is 213. The summed E-state index contributed by atoms with van der Waals surface area (Å²) in [6, 6.07) is 0. The molecule has 176 valence electrons. The number of hydrogen-bond acceptors (Lipinski definition) is 4. The Hall–Kier alpha value is -0.110. The van der Waals surface area contributed by atoms with Gasteiger partial charge in [-0.25, -0.2) is 17.2 Å². The van der Waals surface area contributed by atoms with Gasteiger partial charge in [0.15, 0.2) is 0 Å². The van der Waals surface area contributed by atoms with Crippen LogP contribution >= 0.6 is 0 Å². The van der Waals surface area contributed by atoms with Crippen LogP contribution in [-0.4, -0.2) is 67.5 Å². The molecule has 30 heavy (non-hydrogen) atoms. The van der Waals surface area contributed by atoms with E-state index in [0.717, 1.165) is 0 Å². The third kappa shape index (κ3) is 5.62. The van der Waals surface area contributed by atoms with E-state index < -0.39 is 71.0 Å². The van der Waals surface area contributed by atoms with E-state index in [4.69, 9.17) is 0 Å². The minimum atomic E-state index is -8.17. The third-order valence-electron chi connectivity index (χ3n) is 3.06. The molecule has 0 amide bonds. The normalized spacial score (nSPS) is 15.3. The fraction of sp³-hybridized carbons (Fsp3) is 1.00. The Labute approximate surface area is 179 Å². The van der Waals surface area contributed by atoms with Crippen LogP contribution in [0.5, 0.6) is 0 Å². The molecule has 0 aromatic rings. The molecular formula is C10H7F14NaO4S. The summed E-state index contributed by atoms with van der Waals surface area (Å²) in [4.78, 5) is 0. The maximum absolute atomic E-state index is 13.2. The molecule has 0 unspecified atom stereocenters. The smallest absolute Gasteiger partial charge is 0.748 e. The Morgan fingerprint density at radius 3 is 1.43 bits per heavy atom. The minimum absolute atomic E-state index is 0. The van der Waals surface area contributed by atoms with Crippen LogP contribution in [0.3, 0.4) is 0 Å². The van der Waals surface area contributed by atoms with Crippen molar-refractivity contribution in [1.82, 2.24) is 0 Å². The summed E-state index contributed by atoms with van der Waals surface area (Å²) in [5.74, 6) is -40.9. The average Bonchev–Trinajstić information content (AvgIpc) is 2.49. The summed E-state index contributed by atoms with van der Waals surface area (Å²) in [5, 5.41) is 0. The molecule has 0 aliphatic carbocycles. The molecule has 20 heteroatoms. The Morgan fingerprint density at radius 1 is 0.733 bits per heavy atom. The number of hydrogen-bond donors (Lipinski definition) is 0. The van der Waals surface area contributed by atoms with Gasteiger partial charge in [0.05, 0.1) is 16.7 Å². The molecule has 0 saturated carbocycles. The van der Waals surface area contributed by atoms with Gasteiger partial charge in [-0.2, -0.15) is 52.7 Å². The van der Waals surface area contributed by atoms with Gasteiger partial charge in [0.25, 0.3) is 0 Å². The molecule has 0 aliphatic heterocycles. The zero-order chi connectivity index (χ0) is 23.9. The van der Waals surface area contributed by atoms with Crippen molar-refractivity contribution in [2.24, 2.45) is 0 Å². The summed E-state index contributed by atoms with van der Waals surface area (Å²) in [7, 11) is -5.16. The van der Waals surface area contributed by atoms with Crippen LogP contribution in [0.2, 0.25) is 0 Å². The van der Waals surface area contributed by atoms with Crippen molar-refractivity contribution in [2.45, 2.75) is 48.6 Å². The maximum Gasteiger partial charge on any atom is 1.00 e. The first-order valence-electron chi connectivity index (χ1n) is 6.52. The van der Waals surface area contributed by atoms with Gasteiger partial charge in [-0.3, -0.25) is 0 Å². The van der Waals surface area contributed by atoms with Crippen LogP contribution in [0.4, 0.5) is 61.5 Å². The second-order valence-electron chi connectivity index (χ2n) is 5.20. The number of halogens is 14. The monoisotopic (exact) mass is 512 g/mol. The predicted molar refractivity (Wildman–Crippen MR) is 60.8 cm³/mol. The van der Waals surface area contributed by atoms with Gasteiger partial charge in [0, 0.05) is 5.75 Å². The third-order valence-corrected chi connectivity index (χ3v) is 3.85. The fourth-order valence-corrected chi connectivity index (χ4v) is 1.92. The van der Waals surface area contributed by atoms with Crippen molar-refractivity contribution in [3.63, 3.8) is 0 Å². The van der Waals surface area contributed by atoms with Crippen LogP contribution in [-0.2, 0) is 14.9 Å². The fourth-order valence-electron chi connectivity index (χ4n) is 1.45. The van der Waals surface area contributed by atoms with Crippen molar-refractivity contribution in [3.05, 3.63) is 0 Å². The van der Waals surface area contributed by atoms with Gasteiger partial charge in [0.1, 0.15) is 0 Å². The molecule has 0 atom stereocenters. The van der Waals surface area contributed by atoms with Crippen LogP contribution in [0.15, 0.2) is 0 Å². The van der Waals surface area contributed by atoms with Gasteiger partial charge >= 0.3 is 71.7 Å². The zero-order valence-electron chi connectivity index (χ0n) is 14.0. The number of ether oxygens (including phenoxy) is 1. The summed E-state index contributed by atoms with van der Waals surface area (Å²) in [6.45, 7) is -2.00. The van der Waals surface area contributed by atoms with Crippen LogP contribution < -0.4 is 29.6 Å². The quantitative estimate of drug-likeness (QED) is 0.179. The molecule has 0 heterocycles. The first-order chi connectivity index (χ1) is 12.4. The van der Waals surface area contributed by atoms with Gasteiger partial charge in [-0.15, -0.1) is 0 Å². The van der Waals surface area contributed by atoms with Crippen molar-refractivity contribution < 1.29 is 109 Å². The molecule has 0 saturated heterocycles. The van der Waals surface area contributed by atoms with E-state index in [2.05, 4.69) is 4.74 Å². The van der Waals surface area contributed by atoms with Gasteiger partial charge in [0.2, 0.25) is 0 Å². The average molecular weight is 512 g/mol. The van der Waals surface area contributed by atoms with Crippen molar-refractivity contribution >= 4 is 10.1 Å². The number of rotatable bonds is 11. The van der Waals surface area contributed by atoms with Crippen LogP contribution in [0, 0.1) is 0 Å². The van der Waals surface area contributed by atoms with Crippen LogP contribution in [0.1, 0.15) is 6.42 Å². The zero-order valence-corrected chi connectivity index (χ0v) is 16.8. The topological polar surface area (TPSA) is 66.4 Å². The Morgan fingerprint density at radius 2 is 1.10 bits per heavy atom. The summed E-state index contributed by atoms with van der Waals surface area (Å²) in [6.07, 6.45) is -14.0. The van der Waals surface area contributed by atoms with Crippen molar-refractivity contribution in [3.8, 4) is 0 Å². The Kier molecular flexibility index (Phi) is 10.1. The predicted octanol–water partition coefficient (Wildman–Crippen LogP) is 0.977. The molecule has 4 nitrogen and oxygen atoms in total. The van der Waals surface area contributed by atoms with E-state index >= 15 is 0 Å². The first kappa shape index (κ1) is 32.1. The maximum atomic E-state index is 13.2. The van der Waals surface area contributed by atoms with Crippen molar-refractivity contribution in [1.29, 1.82) is 0 Å². The molecule has 0 aromatic carbocycles. The van der Waals surface area contributed by atoms with E-state index in [0.29, 0.717) is 0 Å². The van der Waals surface area contributed by atoms with Gasteiger partial charge < -0.3 is 9.29 Å². The van der Waals surface area contributed by atoms with E-state index in [1.165, 1.54) is 0 Å².